The van der Waals surface area contributed by atoms with Gasteiger partial charge < -0.3 is 23.9 Å². The van der Waals surface area contributed by atoms with Crippen molar-refractivity contribution in [3.63, 3.8) is 0 Å². The van der Waals surface area contributed by atoms with Crippen molar-refractivity contribution in [3.8, 4) is 17.2 Å². The Morgan fingerprint density at radius 3 is 2.74 bits per heavy atom. The van der Waals surface area contributed by atoms with E-state index in [1.54, 1.807) is 42.5 Å². The third kappa shape index (κ3) is 3.61. The summed E-state index contributed by atoms with van der Waals surface area (Å²) in [5, 5.41) is 10.1. The van der Waals surface area contributed by atoms with Gasteiger partial charge in [-0.3, -0.25) is 14.4 Å². The van der Waals surface area contributed by atoms with Gasteiger partial charge in [-0.05, 0) is 60.5 Å². The number of nitrogens with zero attached hydrogens (tertiary/aromatic N) is 1. The molecule has 8 heteroatoms. The van der Waals surface area contributed by atoms with Crippen LogP contribution in [0.15, 0.2) is 59.2 Å². The summed E-state index contributed by atoms with van der Waals surface area (Å²) in [5.74, 6) is -1.95. The monoisotopic (exact) mass is 461 g/mol. The van der Waals surface area contributed by atoms with E-state index >= 15 is 0 Å². The van der Waals surface area contributed by atoms with Crippen LogP contribution in [-0.4, -0.2) is 40.7 Å². The highest BCUT2D eigenvalue weighted by Gasteiger charge is 2.52. The van der Waals surface area contributed by atoms with E-state index in [1.807, 2.05) is 6.92 Å². The Bertz CT molecular complexity index is 1280. The first-order valence-corrected chi connectivity index (χ1v) is 10.9. The fraction of sp³-hybridized carbons (Fsp3) is 0.269. The lowest BCUT2D eigenvalue weighted by Gasteiger charge is -2.27. The van der Waals surface area contributed by atoms with Gasteiger partial charge in [-0.1, -0.05) is 6.07 Å². The van der Waals surface area contributed by atoms with Crippen LogP contribution in [0.1, 0.15) is 40.2 Å². The molecule has 1 N–H and O–H groups in total. The van der Waals surface area contributed by atoms with Crippen LogP contribution in [-0.2, 0) is 22.6 Å². The largest absolute Gasteiger partial charge is 0.504 e. The number of amides is 1. The van der Waals surface area contributed by atoms with E-state index in [9.17, 15) is 19.5 Å². The Hall–Kier alpha value is -4.07. The van der Waals surface area contributed by atoms with Crippen molar-refractivity contribution in [2.45, 2.75) is 32.0 Å². The molecule has 174 valence electrons. The second kappa shape index (κ2) is 8.37. The normalized spacial score (nSPS) is 21.5. The molecule has 3 unspecified atom stereocenters. The number of ether oxygens (including phenoxy) is 2. The summed E-state index contributed by atoms with van der Waals surface area (Å²) < 4.78 is 16.3. The van der Waals surface area contributed by atoms with Gasteiger partial charge in [-0.25, -0.2) is 0 Å². The SMILES string of the molecule is COc1cc(C2C(C(=O)c3ccc4c(c3)CC(C)O4)C(=O)C(=O)N2Cc2ccco2)ccc1O. The number of hydrogen-bond donors (Lipinski definition) is 1. The van der Waals surface area contributed by atoms with Crippen LogP contribution in [0.2, 0.25) is 0 Å². The second-order valence-electron chi connectivity index (χ2n) is 8.55. The predicted molar refractivity (Wildman–Crippen MR) is 120 cm³/mol. The van der Waals surface area contributed by atoms with Crippen LogP contribution in [0, 0.1) is 5.92 Å². The van der Waals surface area contributed by atoms with Gasteiger partial charge in [0.25, 0.3) is 5.91 Å². The molecule has 8 nitrogen and oxygen atoms in total. The van der Waals surface area contributed by atoms with Gasteiger partial charge >= 0.3 is 0 Å². The number of carbonyl (C=O) groups is 3. The molecule has 1 aromatic heterocycles. The molecule has 0 saturated carbocycles. The fourth-order valence-electron chi connectivity index (χ4n) is 4.73. The molecule has 0 bridgehead atoms. The lowest BCUT2D eigenvalue weighted by atomic mass is 9.85. The number of rotatable bonds is 6. The number of carbonyl (C=O) groups excluding carboxylic acids is 3. The van der Waals surface area contributed by atoms with Gasteiger partial charge in [0.1, 0.15) is 23.5 Å². The molecule has 3 aromatic rings. The number of fused-ring (bicyclic) bond motifs is 1. The maximum atomic E-state index is 13.7. The molecular formula is C26H23NO7. The highest BCUT2D eigenvalue weighted by molar-refractivity contribution is 6.44. The van der Waals surface area contributed by atoms with Crippen molar-refractivity contribution in [3.05, 3.63) is 77.2 Å². The molecule has 1 saturated heterocycles. The van der Waals surface area contributed by atoms with Crippen molar-refractivity contribution in [2.75, 3.05) is 7.11 Å². The van der Waals surface area contributed by atoms with Crippen LogP contribution < -0.4 is 9.47 Å². The molecule has 2 aliphatic heterocycles. The van der Waals surface area contributed by atoms with Gasteiger partial charge in [-0.2, -0.15) is 0 Å². The molecule has 34 heavy (non-hydrogen) atoms. The van der Waals surface area contributed by atoms with Gasteiger partial charge in [0, 0.05) is 12.0 Å². The van der Waals surface area contributed by atoms with Gasteiger partial charge in [0.2, 0.25) is 5.78 Å². The van der Waals surface area contributed by atoms with E-state index in [4.69, 9.17) is 13.9 Å². The fourth-order valence-corrected chi connectivity index (χ4v) is 4.73. The Morgan fingerprint density at radius 1 is 1.18 bits per heavy atom. The van der Waals surface area contributed by atoms with Crippen molar-refractivity contribution in [1.29, 1.82) is 0 Å². The summed E-state index contributed by atoms with van der Waals surface area (Å²) >= 11 is 0. The summed E-state index contributed by atoms with van der Waals surface area (Å²) in [6.07, 6.45) is 2.15. The smallest absolute Gasteiger partial charge is 0.291 e. The minimum absolute atomic E-state index is 0.0102. The molecule has 2 aliphatic rings. The minimum atomic E-state index is -1.26. The average molecular weight is 461 g/mol. The number of phenols is 1. The zero-order chi connectivity index (χ0) is 24.0. The number of phenolic OH excluding ortho intramolecular Hbond substituents is 1. The Kier molecular flexibility index (Phi) is 5.36. The van der Waals surface area contributed by atoms with Crippen molar-refractivity contribution < 1.29 is 33.4 Å². The highest BCUT2D eigenvalue weighted by Crippen LogP contribution is 2.42. The average Bonchev–Trinajstić information content (AvgIpc) is 3.53. The van der Waals surface area contributed by atoms with E-state index in [1.165, 1.54) is 24.3 Å². The number of ketones is 2. The zero-order valence-corrected chi connectivity index (χ0v) is 18.7. The first-order valence-electron chi connectivity index (χ1n) is 10.9. The van der Waals surface area contributed by atoms with Crippen LogP contribution >= 0.6 is 0 Å². The van der Waals surface area contributed by atoms with Gasteiger partial charge in [0.15, 0.2) is 17.3 Å². The van der Waals surface area contributed by atoms with E-state index in [-0.39, 0.29) is 24.1 Å². The maximum Gasteiger partial charge on any atom is 0.291 e. The number of likely N-dealkylation sites (tertiary alicyclic amines) is 1. The zero-order valence-electron chi connectivity index (χ0n) is 18.7. The third-order valence-corrected chi connectivity index (χ3v) is 6.32. The molecule has 0 aliphatic carbocycles. The predicted octanol–water partition coefficient (Wildman–Crippen LogP) is 3.47. The Morgan fingerprint density at radius 2 is 2.00 bits per heavy atom. The van der Waals surface area contributed by atoms with Crippen molar-refractivity contribution in [1.82, 2.24) is 4.90 Å². The Labute approximate surface area is 195 Å². The number of furan rings is 1. The van der Waals surface area contributed by atoms with E-state index in [0.717, 1.165) is 11.3 Å². The highest BCUT2D eigenvalue weighted by atomic mass is 16.5. The lowest BCUT2D eigenvalue weighted by molar-refractivity contribution is -0.141. The van der Waals surface area contributed by atoms with Crippen molar-refractivity contribution >= 4 is 17.5 Å². The van der Waals surface area contributed by atoms with E-state index < -0.39 is 29.4 Å². The van der Waals surface area contributed by atoms with Crippen LogP contribution in [0.3, 0.4) is 0 Å². The van der Waals surface area contributed by atoms with Gasteiger partial charge in [0.05, 0.1) is 26.0 Å². The molecule has 0 radical (unpaired) electrons. The first kappa shape index (κ1) is 21.8. The lowest BCUT2D eigenvalue weighted by Crippen LogP contribution is -2.30. The number of aromatic hydroxyl groups is 1. The molecule has 1 fully saturated rings. The quantitative estimate of drug-likeness (QED) is 0.340. The van der Waals surface area contributed by atoms with Crippen molar-refractivity contribution in [2.24, 2.45) is 5.92 Å². The molecule has 0 spiro atoms. The molecule has 3 heterocycles. The number of hydrogen-bond acceptors (Lipinski definition) is 7. The minimum Gasteiger partial charge on any atom is -0.504 e. The third-order valence-electron chi connectivity index (χ3n) is 6.32. The topological polar surface area (TPSA) is 106 Å². The van der Waals surface area contributed by atoms with Crippen LogP contribution in [0.5, 0.6) is 17.2 Å². The number of methoxy groups -OCH3 is 1. The number of Topliss-reactive ketones (excluding diaryl/α,β-unsaturated/α-hetero) is 2. The van der Waals surface area contributed by atoms with Crippen LogP contribution in [0.25, 0.3) is 0 Å². The Balaban J connectivity index is 1.58. The standard InChI is InChI=1S/C26H23NO7/c1-14-10-17-11-16(6-8-20(17)34-14)24(29)22-23(15-5-7-19(28)21(12-15)32-2)27(26(31)25(22)30)13-18-4-3-9-33-18/h3-9,11-12,14,22-23,28H,10,13H2,1-2H3. The first-order chi connectivity index (χ1) is 16.4. The van der Waals surface area contributed by atoms with Crippen LogP contribution in [0.4, 0.5) is 0 Å². The molecule has 1 amide bonds. The maximum absolute atomic E-state index is 13.7. The summed E-state index contributed by atoms with van der Waals surface area (Å²) in [6.45, 7) is 1.96. The summed E-state index contributed by atoms with van der Waals surface area (Å²) in [4.78, 5) is 41.3. The summed E-state index contributed by atoms with van der Waals surface area (Å²) in [6, 6.07) is 12.1. The number of benzene rings is 2. The van der Waals surface area contributed by atoms with E-state index in [0.29, 0.717) is 23.3 Å². The second-order valence-corrected chi connectivity index (χ2v) is 8.55. The molecule has 2 aromatic carbocycles. The summed E-state index contributed by atoms with van der Waals surface area (Å²) in [5.41, 5.74) is 1.74. The molecule has 3 atom stereocenters. The van der Waals surface area contributed by atoms with Gasteiger partial charge in [-0.15, -0.1) is 0 Å². The van der Waals surface area contributed by atoms with E-state index in [2.05, 4.69) is 0 Å². The molecule has 5 rings (SSSR count). The summed E-state index contributed by atoms with van der Waals surface area (Å²) in [7, 11) is 1.40. The molecular weight excluding hydrogens is 438 g/mol.